The van der Waals surface area contributed by atoms with Gasteiger partial charge in [0.15, 0.2) is 0 Å². The Kier molecular flexibility index (Phi) is 7.16. The van der Waals surface area contributed by atoms with Crippen LogP contribution in [-0.4, -0.2) is 27.1 Å². The second-order valence-electron chi connectivity index (χ2n) is 1.82. The molecule has 0 aromatic carbocycles. The number of aliphatic hydroxyl groups is 1. The van der Waals surface area contributed by atoms with Crippen molar-refractivity contribution in [3.05, 3.63) is 0 Å². The Morgan fingerprint density at radius 2 is 2.00 bits per heavy atom. The molecule has 4 nitrogen and oxygen atoms in total. The normalized spacial score (nSPS) is 13.4. The maximum atomic E-state index is 9.87. The highest BCUT2D eigenvalue weighted by molar-refractivity contribution is 7.74. The molecule has 1 unspecified atom stereocenters. The summed E-state index contributed by atoms with van der Waals surface area (Å²) in [6.07, 6.45) is 2.27. The molecule has 10 heavy (non-hydrogen) atoms. The fourth-order valence-electron chi connectivity index (χ4n) is 0.521. The second-order valence-corrected chi connectivity index (χ2v) is 2.49. The van der Waals surface area contributed by atoms with Crippen LogP contribution in [0.25, 0.3) is 0 Å². The van der Waals surface area contributed by atoms with Crippen molar-refractivity contribution >= 4 is 11.4 Å². The largest absolute Gasteiger partial charge is 0.396 e. The third-order valence-corrected chi connectivity index (χ3v) is 1.35. The van der Waals surface area contributed by atoms with E-state index in [9.17, 15) is 4.21 Å². The van der Waals surface area contributed by atoms with E-state index in [1.54, 1.807) is 0 Å². The first-order valence-corrected chi connectivity index (χ1v) is 4.15. The number of rotatable bonds is 6. The summed E-state index contributed by atoms with van der Waals surface area (Å²) in [5.74, 6) is 0. The summed E-state index contributed by atoms with van der Waals surface area (Å²) < 4.78 is 22.3. The van der Waals surface area contributed by atoms with E-state index in [2.05, 4.69) is 4.18 Å². The lowest BCUT2D eigenvalue weighted by atomic mass is 10.2. The number of hydrogen-bond donors (Lipinski definition) is 2. The Balaban J connectivity index is 2.84. The Hall–Kier alpha value is 0.0300. The van der Waals surface area contributed by atoms with Crippen LogP contribution in [0.4, 0.5) is 0 Å². The molecule has 0 rings (SSSR count). The van der Waals surface area contributed by atoms with E-state index < -0.39 is 11.4 Å². The molecule has 0 aliphatic rings. The third-order valence-electron chi connectivity index (χ3n) is 0.987. The third kappa shape index (κ3) is 8.03. The predicted molar refractivity (Wildman–Crippen MR) is 37.7 cm³/mol. The minimum atomic E-state index is -2.13. The first-order chi connectivity index (χ1) is 4.77. The Labute approximate surface area is 62.7 Å². The second kappa shape index (κ2) is 7.14. The van der Waals surface area contributed by atoms with E-state index in [0.717, 1.165) is 12.8 Å². The molecule has 0 aliphatic carbocycles. The summed E-state index contributed by atoms with van der Waals surface area (Å²) in [7, 11) is 0. The van der Waals surface area contributed by atoms with Gasteiger partial charge in [-0.3, -0.25) is 8.74 Å². The van der Waals surface area contributed by atoms with Crippen molar-refractivity contribution in [2.75, 3.05) is 13.2 Å². The lowest BCUT2D eigenvalue weighted by Gasteiger charge is -1.96. The molecule has 1 atom stereocenters. The van der Waals surface area contributed by atoms with E-state index >= 15 is 0 Å². The van der Waals surface area contributed by atoms with Gasteiger partial charge in [0.1, 0.15) is 0 Å². The standard InChI is InChI=1S/C5H12O4S/c6-4-2-1-3-5-9-10(7)8/h6H,1-5H2,(H,7,8). The van der Waals surface area contributed by atoms with Crippen molar-refractivity contribution < 1.29 is 18.1 Å². The summed E-state index contributed by atoms with van der Waals surface area (Å²) in [4.78, 5) is 0. The fourth-order valence-corrected chi connectivity index (χ4v) is 0.781. The molecular weight excluding hydrogens is 156 g/mol. The fraction of sp³-hybridized carbons (Fsp3) is 1.00. The van der Waals surface area contributed by atoms with Crippen LogP contribution in [0.3, 0.4) is 0 Å². The molecule has 0 radical (unpaired) electrons. The Bertz CT molecular complexity index is 95.6. The minimum Gasteiger partial charge on any atom is -0.396 e. The van der Waals surface area contributed by atoms with Crippen LogP contribution >= 0.6 is 0 Å². The van der Waals surface area contributed by atoms with Crippen LogP contribution in [0.5, 0.6) is 0 Å². The minimum absolute atomic E-state index is 0.169. The molecule has 0 heterocycles. The maximum absolute atomic E-state index is 9.87. The molecule has 2 N–H and O–H groups in total. The Morgan fingerprint density at radius 1 is 1.30 bits per heavy atom. The van der Waals surface area contributed by atoms with Crippen LogP contribution in [0, 0.1) is 0 Å². The molecule has 0 spiro atoms. The summed E-state index contributed by atoms with van der Waals surface area (Å²) in [5, 5.41) is 8.32. The van der Waals surface area contributed by atoms with E-state index in [0.29, 0.717) is 6.42 Å². The predicted octanol–water partition coefficient (Wildman–Crippen LogP) is 0.302. The van der Waals surface area contributed by atoms with Gasteiger partial charge in [0, 0.05) is 6.61 Å². The maximum Gasteiger partial charge on any atom is 0.301 e. The van der Waals surface area contributed by atoms with Crippen molar-refractivity contribution in [1.29, 1.82) is 0 Å². The molecule has 5 heteroatoms. The molecule has 0 aromatic heterocycles. The van der Waals surface area contributed by atoms with Gasteiger partial charge in [-0.15, -0.1) is 0 Å². The van der Waals surface area contributed by atoms with Crippen molar-refractivity contribution in [3.63, 3.8) is 0 Å². The molecule has 0 fully saturated rings. The first-order valence-electron chi connectivity index (χ1n) is 3.12. The molecule has 62 valence electrons. The quantitative estimate of drug-likeness (QED) is 0.442. The molecule has 0 saturated heterocycles. The molecule has 0 amide bonds. The monoisotopic (exact) mass is 168 g/mol. The van der Waals surface area contributed by atoms with E-state index in [4.69, 9.17) is 9.66 Å². The van der Waals surface area contributed by atoms with Crippen molar-refractivity contribution in [2.45, 2.75) is 19.3 Å². The van der Waals surface area contributed by atoms with Gasteiger partial charge in [-0.1, -0.05) is 0 Å². The van der Waals surface area contributed by atoms with Crippen LogP contribution in [-0.2, 0) is 15.5 Å². The highest BCUT2D eigenvalue weighted by Crippen LogP contribution is 1.94. The van der Waals surface area contributed by atoms with Crippen molar-refractivity contribution in [3.8, 4) is 0 Å². The average molecular weight is 168 g/mol. The van der Waals surface area contributed by atoms with Gasteiger partial charge in [0.2, 0.25) is 0 Å². The van der Waals surface area contributed by atoms with Crippen LogP contribution in [0.1, 0.15) is 19.3 Å². The first kappa shape index (κ1) is 10.0. The molecular formula is C5H12O4S. The smallest absolute Gasteiger partial charge is 0.301 e. The van der Waals surface area contributed by atoms with Crippen LogP contribution < -0.4 is 0 Å². The lowest BCUT2D eigenvalue weighted by Crippen LogP contribution is -1.97. The SMILES string of the molecule is O=S(O)OCCCCCO. The van der Waals surface area contributed by atoms with Crippen LogP contribution in [0.15, 0.2) is 0 Å². The topological polar surface area (TPSA) is 66.8 Å². The zero-order chi connectivity index (χ0) is 7.82. The zero-order valence-electron chi connectivity index (χ0n) is 5.65. The number of hydrogen-bond acceptors (Lipinski definition) is 3. The average Bonchev–Trinajstić information content (AvgIpc) is 1.87. The molecule has 0 aliphatic heterocycles. The summed E-state index contributed by atoms with van der Waals surface area (Å²) in [6, 6.07) is 0. The van der Waals surface area contributed by atoms with Crippen molar-refractivity contribution in [2.24, 2.45) is 0 Å². The zero-order valence-corrected chi connectivity index (χ0v) is 6.47. The van der Waals surface area contributed by atoms with Gasteiger partial charge in [-0.25, -0.2) is 0 Å². The number of aliphatic hydroxyl groups excluding tert-OH is 1. The summed E-state index contributed by atoms with van der Waals surface area (Å²) in [6.45, 7) is 0.450. The van der Waals surface area contributed by atoms with Crippen LogP contribution in [0.2, 0.25) is 0 Å². The van der Waals surface area contributed by atoms with Gasteiger partial charge in [-0.05, 0) is 19.3 Å². The molecule has 0 bridgehead atoms. The van der Waals surface area contributed by atoms with E-state index in [1.165, 1.54) is 0 Å². The van der Waals surface area contributed by atoms with Gasteiger partial charge in [0.05, 0.1) is 6.61 Å². The lowest BCUT2D eigenvalue weighted by molar-refractivity contribution is 0.265. The van der Waals surface area contributed by atoms with Gasteiger partial charge < -0.3 is 5.11 Å². The summed E-state index contributed by atoms with van der Waals surface area (Å²) >= 11 is -2.13. The van der Waals surface area contributed by atoms with Gasteiger partial charge in [0.25, 0.3) is 0 Å². The number of unbranched alkanes of at least 4 members (excludes halogenated alkanes) is 2. The van der Waals surface area contributed by atoms with E-state index in [-0.39, 0.29) is 13.2 Å². The molecule has 0 saturated carbocycles. The highest BCUT2D eigenvalue weighted by atomic mass is 32.2. The van der Waals surface area contributed by atoms with Gasteiger partial charge in [-0.2, -0.15) is 4.21 Å². The molecule has 0 aromatic rings. The van der Waals surface area contributed by atoms with Crippen molar-refractivity contribution in [1.82, 2.24) is 0 Å². The van der Waals surface area contributed by atoms with E-state index in [1.807, 2.05) is 0 Å². The Morgan fingerprint density at radius 3 is 2.50 bits per heavy atom. The summed E-state index contributed by atoms with van der Waals surface area (Å²) in [5.41, 5.74) is 0. The van der Waals surface area contributed by atoms with Gasteiger partial charge >= 0.3 is 11.4 Å². The highest BCUT2D eigenvalue weighted by Gasteiger charge is 1.92.